The highest BCUT2D eigenvalue weighted by Crippen LogP contribution is 2.31. The summed E-state index contributed by atoms with van der Waals surface area (Å²) in [5.74, 6) is 2.67. The molecule has 0 radical (unpaired) electrons. The first-order valence-corrected chi connectivity index (χ1v) is 9.74. The number of hydrogen-bond acceptors (Lipinski definition) is 6. The maximum absolute atomic E-state index is 5.69. The van der Waals surface area contributed by atoms with Crippen molar-refractivity contribution in [1.29, 1.82) is 0 Å². The van der Waals surface area contributed by atoms with E-state index in [1.165, 1.54) is 0 Å². The maximum atomic E-state index is 5.69. The van der Waals surface area contributed by atoms with Crippen molar-refractivity contribution in [3.05, 3.63) is 52.8 Å². The molecule has 7 nitrogen and oxygen atoms in total. The number of ether oxygens (including phenoxy) is 3. The minimum absolute atomic E-state index is 0.394. The molecular weight excluding hydrogens is 388 g/mol. The maximum Gasteiger partial charge on any atom is 0.216 e. The van der Waals surface area contributed by atoms with Crippen LogP contribution in [0.15, 0.2) is 47.6 Å². The van der Waals surface area contributed by atoms with Gasteiger partial charge in [0.25, 0.3) is 0 Å². The first-order chi connectivity index (χ1) is 14.2. The van der Waals surface area contributed by atoms with E-state index in [1.54, 1.807) is 25.1 Å². The van der Waals surface area contributed by atoms with E-state index >= 15 is 0 Å². The number of nitrogens with one attached hydrogen (secondary N) is 1. The number of unbranched alkanes of at least 4 members (excludes halogenated alkanes) is 1. The van der Waals surface area contributed by atoms with Gasteiger partial charge in [-0.15, -0.1) is 0 Å². The summed E-state index contributed by atoms with van der Waals surface area (Å²) < 4.78 is 18.3. The van der Waals surface area contributed by atoms with Crippen LogP contribution in [0, 0.1) is 4.77 Å². The van der Waals surface area contributed by atoms with Gasteiger partial charge in [-0.25, -0.2) is 5.10 Å². The van der Waals surface area contributed by atoms with E-state index in [4.69, 9.17) is 26.4 Å². The molecule has 1 heterocycles. The molecule has 0 bridgehead atoms. The highest BCUT2D eigenvalue weighted by Gasteiger charge is 2.12. The highest BCUT2D eigenvalue weighted by molar-refractivity contribution is 7.71. The Kier molecular flexibility index (Phi) is 7.02. The molecule has 0 aliphatic heterocycles. The van der Waals surface area contributed by atoms with E-state index in [2.05, 4.69) is 22.2 Å². The predicted molar refractivity (Wildman–Crippen MR) is 116 cm³/mol. The van der Waals surface area contributed by atoms with Crippen molar-refractivity contribution < 1.29 is 14.2 Å². The van der Waals surface area contributed by atoms with Gasteiger partial charge < -0.3 is 14.2 Å². The van der Waals surface area contributed by atoms with Gasteiger partial charge in [0.2, 0.25) is 4.77 Å². The van der Waals surface area contributed by atoms with Gasteiger partial charge >= 0.3 is 0 Å². The molecule has 0 fully saturated rings. The van der Waals surface area contributed by atoms with Crippen LogP contribution in [0.4, 0.5) is 0 Å². The molecule has 0 saturated carbocycles. The van der Waals surface area contributed by atoms with E-state index in [-0.39, 0.29) is 0 Å². The highest BCUT2D eigenvalue weighted by atomic mass is 32.1. The summed E-state index contributed by atoms with van der Waals surface area (Å²) >= 11 is 5.33. The second-order valence-electron chi connectivity index (χ2n) is 6.25. The van der Waals surface area contributed by atoms with Crippen LogP contribution in [-0.2, 0) is 0 Å². The third kappa shape index (κ3) is 5.03. The number of nitrogens with zero attached hydrogens (tertiary/aromatic N) is 3. The van der Waals surface area contributed by atoms with Gasteiger partial charge in [-0.1, -0.05) is 13.3 Å². The Bertz CT molecular complexity index is 1030. The van der Waals surface area contributed by atoms with Gasteiger partial charge in [0.15, 0.2) is 17.3 Å². The molecule has 3 aromatic rings. The fraction of sp³-hybridized carbons (Fsp3) is 0.286. The van der Waals surface area contributed by atoms with E-state index in [9.17, 15) is 0 Å². The number of H-pyrrole nitrogens is 1. The molecule has 0 atom stereocenters. The average Bonchev–Trinajstić information content (AvgIpc) is 3.13. The molecule has 2 aromatic carbocycles. The van der Waals surface area contributed by atoms with E-state index in [0.29, 0.717) is 22.1 Å². The van der Waals surface area contributed by atoms with Crippen LogP contribution in [0.1, 0.15) is 25.3 Å². The molecule has 1 aromatic heterocycles. The minimum Gasteiger partial charge on any atom is -0.494 e. The molecule has 0 spiro atoms. The fourth-order valence-corrected chi connectivity index (χ4v) is 2.85. The zero-order chi connectivity index (χ0) is 20.6. The van der Waals surface area contributed by atoms with Crippen LogP contribution in [0.5, 0.6) is 17.2 Å². The predicted octanol–water partition coefficient (Wildman–Crippen LogP) is 4.69. The number of benzene rings is 2. The van der Waals surface area contributed by atoms with Crippen molar-refractivity contribution in [2.24, 2.45) is 5.10 Å². The molecule has 0 aliphatic rings. The van der Waals surface area contributed by atoms with E-state index < -0.39 is 0 Å². The smallest absolute Gasteiger partial charge is 0.216 e. The topological polar surface area (TPSA) is 73.7 Å². The van der Waals surface area contributed by atoms with E-state index in [1.807, 2.05) is 42.5 Å². The lowest BCUT2D eigenvalue weighted by molar-refractivity contribution is 0.309. The van der Waals surface area contributed by atoms with Crippen molar-refractivity contribution in [1.82, 2.24) is 14.9 Å². The number of methoxy groups -OCH3 is 2. The molecule has 29 heavy (non-hydrogen) atoms. The normalized spacial score (nSPS) is 11.0. The van der Waals surface area contributed by atoms with Crippen LogP contribution < -0.4 is 14.2 Å². The Morgan fingerprint density at radius 2 is 1.86 bits per heavy atom. The molecule has 0 unspecified atom stereocenters. The number of aromatic amines is 1. The van der Waals surface area contributed by atoms with Crippen molar-refractivity contribution >= 4 is 18.4 Å². The fourth-order valence-electron chi connectivity index (χ4n) is 2.67. The summed E-state index contributed by atoms with van der Waals surface area (Å²) in [6, 6.07) is 13.3. The average molecular weight is 413 g/mol. The molecule has 1 N–H and O–H groups in total. The summed E-state index contributed by atoms with van der Waals surface area (Å²) in [6.07, 6.45) is 3.88. The summed E-state index contributed by atoms with van der Waals surface area (Å²) in [6.45, 7) is 2.86. The molecule has 0 aliphatic carbocycles. The van der Waals surface area contributed by atoms with Crippen molar-refractivity contribution in [2.45, 2.75) is 19.8 Å². The minimum atomic E-state index is 0.394. The van der Waals surface area contributed by atoms with Gasteiger partial charge in [0, 0.05) is 5.56 Å². The number of rotatable bonds is 9. The first kappa shape index (κ1) is 20.6. The van der Waals surface area contributed by atoms with Crippen molar-refractivity contribution in [2.75, 3.05) is 20.8 Å². The lowest BCUT2D eigenvalue weighted by atomic mass is 10.2. The SMILES string of the molecule is CCCCOc1ccc(/C=N\n2c(-c3ccc(OC)c(OC)c3)n[nH]c2=S)cc1. The summed E-state index contributed by atoms with van der Waals surface area (Å²) in [7, 11) is 3.19. The molecule has 0 saturated heterocycles. The van der Waals surface area contributed by atoms with E-state index in [0.717, 1.165) is 36.3 Å². The second-order valence-corrected chi connectivity index (χ2v) is 6.64. The Morgan fingerprint density at radius 3 is 2.55 bits per heavy atom. The number of hydrogen-bond donors (Lipinski definition) is 1. The van der Waals surface area contributed by atoms with Gasteiger partial charge in [-0.05, 0) is 66.7 Å². The summed E-state index contributed by atoms with van der Waals surface area (Å²) in [5, 5.41) is 11.6. The molecule has 8 heteroatoms. The van der Waals surface area contributed by atoms with Gasteiger partial charge in [0.05, 0.1) is 27.0 Å². The zero-order valence-corrected chi connectivity index (χ0v) is 17.5. The zero-order valence-electron chi connectivity index (χ0n) is 16.7. The van der Waals surface area contributed by atoms with Gasteiger partial charge in [-0.3, -0.25) is 0 Å². The van der Waals surface area contributed by atoms with Crippen LogP contribution in [0.3, 0.4) is 0 Å². The summed E-state index contributed by atoms with van der Waals surface area (Å²) in [4.78, 5) is 0. The standard InChI is InChI=1S/C21H24N4O3S/c1-4-5-12-28-17-9-6-15(7-10-17)14-22-25-20(23-24-21(25)29)16-8-11-18(26-2)19(13-16)27-3/h6-11,13-14H,4-5,12H2,1-3H3,(H,24,29)/b22-14-. The van der Waals surface area contributed by atoms with Crippen LogP contribution in [0.25, 0.3) is 11.4 Å². The quantitative estimate of drug-likeness (QED) is 0.314. The summed E-state index contributed by atoms with van der Waals surface area (Å²) in [5.41, 5.74) is 1.72. The Labute approximate surface area is 174 Å². The third-order valence-electron chi connectivity index (χ3n) is 4.26. The Balaban J connectivity index is 1.82. The molecule has 152 valence electrons. The van der Waals surface area contributed by atoms with Crippen molar-refractivity contribution in [3.63, 3.8) is 0 Å². The van der Waals surface area contributed by atoms with Crippen LogP contribution in [-0.4, -0.2) is 41.9 Å². The Morgan fingerprint density at radius 1 is 1.10 bits per heavy atom. The third-order valence-corrected chi connectivity index (χ3v) is 4.53. The Hall–Kier alpha value is -3.13. The largest absolute Gasteiger partial charge is 0.494 e. The lowest BCUT2D eigenvalue weighted by Gasteiger charge is -2.09. The number of aromatic nitrogens is 3. The molecule has 3 rings (SSSR count). The van der Waals surface area contributed by atoms with Gasteiger partial charge in [0.1, 0.15) is 5.75 Å². The second kappa shape index (κ2) is 9.88. The lowest BCUT2D eigenvalue weighted by Crippen LogP contribution is -1.97. The molecular formula is C21H24N4O3S. The van der Waals surface area contributed by atoms with Gasteiger partial charge in [-0.2, -0.15) is 14.9 Å². The van der Waals surface area contributed by atoms with Crippen molar-refractivity contribution in [3.8, 4) is 28.6 Å². The van der Waals surface area contributed by atoms with Crippen LogP contribution in [0.2, 0.25) is 0 Å². The first-order valence-electron chi connectivity index (χ1n) is 9.33. The van der Waals surface area contributed by atoms with Crippen LogP contribution >= 0.6 is 12.2 Å². The molecule has 0 amide bonds. The monoisotopic (exact) mass is 412 g/mol.